The Labute approximate surface area is 138 Å². The molecular weight excluding hydrogens is 278 g/mol. The molecule has 0 radical (unpaired) electrons. The lowest BCUT2D eigenvalue weighted by Crippen LogP contribution is -1.95. The molecule has 0 aliphatic carbocycles. The molecule has 0 unspecified atom stereocenters. The maximum absolute atomic E-state index is 3.84. The van der Waals surface area contributed by atoms with Crippen LogP contribution in [0.3, 0.4) is 0 Å². The Morgan fingerprint density at radius 2 is 1.52 bits per heavy atom. The maximum Gasteiger partial charge on any atom is 0.0384 e. The lowest BCUT2D eigenvalue weighted by molar-refractivity contribution is 1.47. The topological polar surface area (TPSA) is 12.0 Å². The third kappa shape index (κ3) is 5.33. The van der Waals surface area contributed by atoms with Crippen LogP contribution in [-0.4, -0.2) is 0 Å². The van der Waals surface area contributed by atoms with Crippen molar-refractivity contribution in [3.8, 4) is 0 Å². The zero-order chi connectivity index (χ0) is 16.3. The van der Waals surface area contributed by atoms with Crippen molar-refractivity contribution in [1.29, 1.82) is 0 Å². The van der Waals surface area contributed by atoms with Gasteiger partial charge in [0.25, 0.3) is 0 Å². The number of nitrogens with one attached hydrogen (secondary N) is 1. The van der Waals surface area contributed by atoms with Crippen LogP contribution in [0.15, 0.2) is 104 Å². The van der Waals surface area contributed by atoms with E-state index in [0.29, 0.717) is 0 Å². The lowest BCUT2D eigenvalue weighted by atomic mass is 10.1. The van der Waals surface area contributed by atoms with E-state index in [-0.39, 0.29) is 0 Å². The molecule has 0 saturated carbocycles. The van der Waals surface area contributed by atoms with Crippen LogP contribution in [0.1, 0.15) is 11.1 Å². The van der Waals surface area contributed by atoms with Crippen molar-refractivity contribution in [3.05, 3.63) is 115 Å². The Bertz CT molecular complexity index is 734. The van der Waals surface area contributed by atoms with Gasteiger partial charge in [-0.25, -0.2) is 0 Å². The van der Waals surface area contributed by atoms with Gasteiger partial charge in [0, 0.05) is 11.4 Å². The fourth-order valence-electron chi connectivity index (χ4n) is 2.12. The van der Waals surface area contributed by atoms with Crippen LogP contribution in [-0.2, 0) is 0 Å². The molecule has 0 aromatic heterocycles. The number of allylic oxidation sites excluding steroid dienone is 5. The van der Waals surface area contributed by atoms with Gasteiger partial charge in [-0.3, -0.25) is 0 Å². The zero-order valence-electron chi connectivity index (χ0n) is 13.2. The van der Waals surface area contributed by atoms with Gasteiger partial charge in [0.1, 0.15) is 0 Å². The SMILES string of the molecule is C=C\C=C(/C=C\C=C/c1ccccc1C=C)Nc1ccccc1. The summed E-state index contributed by atoms with van der Waals surface area (Å²) in [5, 5.41) is 3.35. The first-order valence-corrected chi connectivity index (χ1v) is 7.54. The van der Waals surface area contributed by atoms with E-state index in [1.807, 2.05) is 72.8 Å². The molecule has 0 aliphatic rings. The van der Waals surface area contributed by atoms with Crippen LogP contribution in [0.4, 0.5) is 5.69 Å². The van der Waals surface area contributed by atoms with Gasteiger partial charge < -0.3 is 5.32 Å². The smallest absolute Gasteiger partial charge is 0.0384 e. The average Bonchev–Trinajstić information content (AvgIpc) is 2.60. The van der Waals surface area contributed by atoms with Gasteiger partial charge in [-0.15, -0.1) is 0 Å². The zero-order valence-corrected chi connectivity index (χ0v) is 13.2. The molecule has 2 aromatic rings. The maximum atomic E-state index is 3.84. The summed E-state index contributed by atoms with van der Waals surface area (Å²) in [7, 11) is 0. The van der Waals surface area contributed by atoms with E-state index in [1.165, 1.54) is 0 Å². The molecule has 0 saturated heterocycles. The predicted molar refractivity (Wildman–Crippen MR) is 103 cm³/mol. The van der Waals surface area contributed by atoms with Crippen molar-refractivity contribution in [2.75, 3.05) is 5.32 Å². The molecule has 0 heterocycles. The van der Waals surface area contributed by atoms with Gasteiger partial charge in [0.15, 0.2) is 0 Å². The average molecular weight is 299 g/mol. The van der Waals surface area contributed by atoms with E-state index in [9.17, 15) is 0 Å². The van der Waals surface area contributed by atoms with Crippen molar-refractivity contribution < 1.29 is 0 Å². The van der Waals surface area contributed by atoms with Crippen LogP contribution in [0, 0.1) is 0 Å². The summed E-state index contributed by atoms with van der Waals surface area (Å²) in [5.74, 6) is 0. The number of benzene rings is 2. The second kappa shape index (κ2) is 9.06. The van der Waals surface area contributed by atoms with Gasteiger partial charge in [0.05, 0.1) is 0 Å². The molecule has 0 atom stereocenters. The number of hydrogen-bond donors (Lipinski definition) is 1. The molecule has 1 heteroatoms. The Balaban J connectivity index is 2.07. The quantitative estimate of drug-likeness (QED) is 0.611. The van der Waals surface area contributed by atoms with Crippen LogP contribution in [0.25, 0.3) is 12.2 Å². The van der Waals surface area contributed by atoms with E-state index in [0.717, 1.165) is 22.5 Å². The van der Waals surface area contributed by atoms with Crippen molar-refractivity contribution in [1.82, 2.24) is 0 Å². The second-order valence-corrected chi connectivity index (χ2v) is 4.90. The molecule has 23 heavy (non-hydrogen) atoms. The highest BCUT2D eigenvalue weighted by Crippen LogP contribution is 2.13. The third-order valence-corrected chi connectivity index (χ3v) is 3.24. The molecule has 2 rings (SSSR count). The first-order chi connectivity index (χ1) is 11.3. The molecule has 1 nitrogen and oxygen atoms in total. The minimum absolute atomic E-state index is 0.979. The summed E-state index contributed by atoms with van der Waals surface area (Å²) in [6, 6.07) is 18.2. The highest BCUT2D eigenvalue weighted by molar-refractivity contribution is 5.65. The number of para-hydroxylation sites is 1. The fraction of sp³-hybridized carbons (Fsp3) is 0. The lowest BCUT2D eigenvalue weighted by Gasteiger charge is -2.06. The molecule has 0 aliphatic heterocycles. The van der Waals surface area contributed by atoms with Gasteiger partial charge in [-0.1, -0.05) is 86.0 Å². The largest absolute Gasteiger partial charge is 0.356 e. The van der Waals surface area contributed by atoms with Crippen molar-refractivity contribution in [2.24, 2.45) is 0 Å². The van der Waals surface area contributed by atoms with E-state index in [1.54, 1.807) is 6.08 Å². The van der Waals surface area contributed by atoms with Gasteiger partial charge >= 0.3 is 0 Å². The van der Waals surface area contributed by atoms with E-state index >= 15 is 0 Å². The third-order valence-electron chi connectivity index (χ3n) is 3.24. The van der Waals surface area contributed by atoms with E-state index in [4.69, 9.17) is 0 Å². The highest BCUT2D eigenvalue weighted by Gasteiger charge is 1.93. The van der Waals surface area contributed by atoms with Gasteiger partial charge in [0.2, 0.25) is 0 Å². The highest BCUT2D eigenvalue weighted by atomic mass is 14.9. The van der Waals surface area contributed by atoms with Gasteiger partial charge in [-0.2, -0.15) is 0 Å². The minimum Gasteiger partial charge on any atom is -0.356 e. The standard InChI is InChI=1S/C22H21N/c1-3-12-21(23-22-16-6-5-7-17-22)18-11-10-15-20-14-9-8-13-19(20)4-2/h3-18,23H,1-2H2/b15-10-,18-11-,21-12+. The molecule has 0 spiro atoms. The predicted octanol–water partition coefficient (Wildman–Crippen LogP) is 6.08. The first-order valence-electron chi connectivity index (χ1n) is 7.54. The molecular formula is C22H21N. The van der Waals surface area contributed by atoms with Crippen LogP contribution < -0.4 is 5.32 Å². The van der Waals surface area contributed by atoms with Crippen molar-refractivity contribution in [3.63, 3.8) is 0 Å². The minimum atomic E-state index is 0.979. The molecule has 114 valence electrons. The summed E-state index contributed by atoms with van der Waals surface area (Å²) < 4.78 is 0. The molecule has 0 amide bonds. The second-order valence-electron chi connectivity index (χ2n) is 4.90. The fourth-order valence-corrected chi connectivity index (χ4v) is 2.12. The Kier molecular flexibility index (Phi) is 6.43. The number of anilines is 1. The first kappa shape index (κ1) is 16.3. The van der Waals surface area contributed by atoms with Crippen LogP contribution in [0.2, 0.25) is 0 Å². The summed E-state index contributed by atoms with van der Waals surface area (Å²) >= 11 is 0. The van der Waals surface area contributed by atoms with Crippen LogP contribution >= 0.6 is 0 Å². The number of hydrogen-bond acceptors (Lipinski definition) is 1. The van der Waals surface area contributed by atoms with Crippen molar-refractivity contribution >= 4 is 17.8 Å². The molecule has 2 aromatic carbocycles. The Hall–Kier alpha value is -3.06. The normalized spacial score (nSPS) is 11.7. The summed E-state index contributed by atoms with van der Waals surface area (Å²) in [6.45, 7) is 7.60. The number of rotatable bonds is 7. The van der Waals surface area contributed by atoms with Crippen molar-refractivity contribution in [2.45, 2.75) is 0 Å². The molecule has 0 fully saturated rings. The Morgan fingerprint density at radius 3 is 2.22 bits per heavy atom. The molecule has 1 N–H and O–H groups in total. The summed E-state index contributed by atoms with van der Waals surface area (Å²) in [6.07, 6.45) is 13.7. The van der Waals surface area contributed by atoms with Crippen LogP contribution in [0.5, 0.6) is 0 Å². The van der Waals surface area contributed by atoms with Gasteiger partial charge in [-0.05, 0) is 35.4 Å². The monoisotopic (exact) mass is 299 g/mol. The molecule has 0 bridgehead atoms. The van der Waals surface area contributed by atoms with E-state index < -0.39 is 0 Å². The Morgan fingerprint density at radius 1 is 0.826 bits per heavy atom. The summed E-state index contributed by atoms with van der Waals surface area (Å²) in [5.41, 5.74) is 4.30. The van der Waals surface area contributed by atoms with E-state index in [2.05, 4.69) is 36.7 Å². The summed E-state index contributed by atoms with van der Waals surface area (Å²) in [4.78, 5) is 0.